The monoisotopic (exact) mass is 285 g/mol. The summed E-state index contributed by atoms with van der Waals surface area (Å²) in [4.78, 5) is 1.16. The SMILES string of the molecule is CCCNCc1nnnn1C(C)c1ccc(Cl)s1. The van der Waals surface area contributed by atoms with E-state index in [-0.39, 0.29) is 6.04 Å². The van der Waals surface area contributed by atoms with Gasteiger partial charge in [-0.05, 0) is 42.4 Å². The molecule has 0 saturated carbocycles. The second-order valence-corrected chi connectivity index (χ2v) is 5.78. The number of thiophene rings is 1. The van der Waals surface area contributed by atoms with Gasteiger partial charge in [0.25, 0.3) is 0 Å². The molecule has 0 aliphatic heterocycles. The Balaban J connectivity index is 2.10. The van der Waals surface area contributed by atoms with Gasteiger partial charge >= 0.3 is 0 Å². The highest BCUT2D eigenvalue weighted by molar-refractivity contribution is 7.16. The van der Waals surface area contributed by atoms with E-state index in [1.807, 2.05) is 16.8 Å². The van der Waals surface area contributed by atoms with Crippen LogP contribution in [0.1, 0.15) is 37.0 Å². The maximum absolute atomic E-state index is 5.95. The molecule has 2 aromatic heterocycles. The fourth-order valence-electron chi connectivity index (χ4n) is 1.68. The van der Waals surface area contributed by atoms with Crippen molar-refractivity contribution in [1.82, 2.24) is 25.5 Å². The van der Waals surface area contributed by atoms with E-state index in [9.17, 15) is 0 Å². The van der Waals surface area contributed by atoms with Crippen LogP contribution < -0.4 is 5.32 Å². The van der Waals surface area contributed by atoms with E-state index in [2.05, 4.69) is 34.7 Å². The Labute approximate surface area is 115 Å². The smallest absolute Gasteiger partial charge is 0.165 e. The molecule has 0 amide bonds. The lowest BCUT2D eigenvalue weighted by Gasteiger charge is -2.11. The Morgan fingerprint density at radius 2 is 2.33 bits per heavy atom. The van der Waals surface area contributed by atoms with Crippen molar-refractivity contribution >= 4 is 22.9 Å². The highest BCUT2D eigenvalue weighted by atomic mass is 35.5. The van der Waals surface area contributed by atoms with E-state index in [1.54, 1.807) is 11.3 Å². The van der Waals surface area contributed by atoms with Gasteiger partial charge in [0.05, 0.1) is 16.9 Å². The average Bonchev–Trinajstić information content (AvgIpc) is 2.97. The lowest BCUT2D eigenvalue weighted by Crippen LogP contribution is -2.20. The van der Waals surface area contributed by atoms with Gasteiger partial charge in [-0.2, -0.15) is 0 Å². The predicted octanol–water partition coefficient (Wildman–Crippen LogP) is 2.50. The van der Waals surface area contributed by atoms with Gasteiger partial charge in [0.1, 0.15) is 0 Å². The van der Waals surface area contributed by atoms with Crippen molar-refractivity contribution in [2.45, 2.75) is 32.9 Å². The van der Waals surface area contributed by atoms with E-state index in [1.165, 1.54) is 0 Å². The molecule has 7 heteroatoms. The van der Waals surface area contributed by atoms with E-state index >= 15 is 0 Å². The maximum Gasteiger partial charge on any atom is 0.165 e. The van der Waals surface area contributed by atoms with Crippen LogP contribution in [0.2, 0.25) is 4.34 Å². The molecule has 1 atom stereocenters. The summed E-state index contributed by atoms with van der Waals surface area (Å²) >= 11 is 7.51. The minimum atomic E-state index is 0.107. The molecular formula is C11H16ClN5S. The van der Waals surface area contributed by atoms with Gasteiger partial charge in [-0.25, -0.2) is 4.68 Å². The molecule has 0 spiro atoms. The molecule has 0 fully saturated rings. The van der Waals surface area contributed by atoms with Crippen molar-refractivity contribution in [3.63, 3.8) is 0 Å². The number of tetrazole rings is 1. The summed E-state index contributed by atoms with van der Waals surface area (Å²) in [6, 6.07) is 4.02. The second-order valence-electron chi connectivity index (χ2n) is 4.03. The quantitative estimate of drug-likeness (QED) is 0.829. The maximum atomic E-state index is 5.95. The number of hydrogen-bond donors (Lipinski definition) is 1. The van der Waals surface area contributed by atoms with Gasteiger partial charge in [0.15, 0.2) is 5.82 Å². The highest BCUT2D eigenvalue weighted by Crippen LogP contribution is 2.28. The van der Waals surface area contributed by atoms with Gasteiger partial charge in [0, 0.05) is 4.88 Å². The first-order chi connectivity index (χ1) is 8.72. The van der Waals surface area contributed by atoms with E-state index in [4.69, 9.17) is 11.6 Å². The normalized spacial score (nSPS) is 12.8. The first kappa shape index (κ1) is 13.5. The van der Waals surface area contributed by atoms with Gasteiger partial charge in [0.2, 0.25) is 0 Å². The van der Waals surface area contributed by atoms with Crippen molar-refractivity contribution in [3.8, 4) is 0 Å². The molecule has 98 valence electrons. The fourth-order valence-corrected chi connectivity index (χ4v) is 2.78. The minimum Gasteiger partial charge on any atom is -0.310 e. The average molecular weight is 286 g/mol. The summed E-state index contributed by atoms with van der Waals surface area (Å²) in [7, 11) is 0. The molecule has 0 radical (unpaired) electrons. The first-order valence-corrected chi connectivity index (χ1v) is 7.14. The molecule has 0 aromatic carbocycles. The molecule has 1 N–H and O–H groups in total. The Morgan fingerprint density at radius 1 is 1.50 bits per heavy atom. The third-order valence-electron chi connectivity index (χ3n) is 2.64. The van der Waals surface area contributed by atoms with Crippen LogP contribution in [0.4, 0.5) is 0 Å². The van der Waals surface area contributed by atoms with Crippen molar-refractivity contribution in [3.05, 3.63) is 27.2 Å². The molecule has 18 heavy (non-hydrogen) atoms. The highest BCUT2D eigenvalue weighted by Gasteiger charge is 2.16. The van der Waals surface area contributed by atoms with Crippen LogP contribution >= 0.6 is 22.9 Å². The zero-order chi connectivity index (χ0) is 13.0. The zero-order valence-corrected chi connectivity index (χ0v) is 12.0. The van der Waals surface area contributed by atoms with Crippen molar-refractivity contribution < 1.29 is 0 Å². The predicted molar refractivity (Wildman–Crippen MR) is 73.0 cm³/mol. The molecular weight excluding hydrogens is 270 g/mol. The lowest BCUT2D eigenvalue weighted by atomic mass is 10.3. The largest absolute Gasteiger partial charge is 0.310 e. The standard InChI is InChI=1S/C11H16ClN5S/c1-3-6-13-7-11-14-15-16-17(11)8(2)9-4-5-10(12)18-9/h4-5,8,13H,3,6-7H2,1-2H3. The van der Waals surface area contributed by atoms with E-state index in [0.717, 1.165) is 28.0 Å². The lowest BCUT2D eigenvalue weighted by molar-refractivity contribution is 0.510. The van der Waals surface area contributed by atoms with Crippen LogP contribution in [0.5, 0.6) is 0 Å². The van der Waals surface area contributed by atoms with E-state index < -0.39 is 0 Å². The van der Waals surface area contributed by atoms with Crippen molar-refractivity contribution in [1.29, 1.82) is 0 Å². The second kappa shape index (κ2) is 6.26. The number of aromatic nitrogens is 4. The zero-order valence-electron chi connectivity index (χ0n) is 10.4. The molecule has 0 aliphatic carbocycles. The number of rotatable bonds is 6. The molecule has 2 heterocycles. The van der Waals surface area contributed by atoms with Crippen LogP contribution in [-0.4, -0.2) is 26.8 Å². The Kier molecular flexibility index (Phi) is 4.68. The summed E-state index contributed by atoms with van der Waals surface area (Å²) in [6.45, 7) is 5.85. The molecule has 2 aromatic rings. The summed E-state index contributed by atoms with van der Waals surface area (Å²) in [6.07, 6.45) is 1.09. The summed E-state index contributed by atoms with van der Waals surface area (Å²) < 4.78 is 2.63. The topological polar surface area (TPSA) is 55.6 Å². The van der Waals surface area contributed by atoms with Gasteiger partial charge < -0.3 is 5.32 Å². The van der Waals surface area contributed by atoms with Crippen molar-refractivity contribution in [2.75, 3.05) is 6.54 Å². The van der Waals surface area contributed by atoms with Gasteiger partial charge in [-0.1, -0.05) is 18.5 Å². The van der Waals surface area contributed by atoms with Crippen LogP contribution in [0.15, 0.2) is 12.1 Å². The number of nitrogens with zero attached hydrogens (tertiary/aromatic N) is 4. The summed E-state index contributed by atoms with van der Waals surface area (Å²) in [5.74, 6) is 0.848. The van der Waals surface area contributed by atoms with Crippen LogP contribution in [-0.2, 0) is 6.54 Å². The van der Waals surface area contributed by atoms with Crippen LogP contribution in [0.3, 0.4) is 0 Å². The molecule has 2 rings (SSSR count). The molecule has 0 aliphatic rings. The van der Waals surface area contributed by atoms with Crippen LogP contribution in [0, 0.1) is 0 Å². The van der Waals surface area contributed by atoms with Crippen LogP contribution in [0.25, 0.3) is 0 Å². The first-order valence-electron chi connectivity index (χ1n) is 5.95. The Morgan fingerprint density at radius 3 is 3.00 bits per heavy atom. The Hall–Kier alpha value is -0.980. The van der Waals surface area contributed by atoms with Gasteiger partial charge in [-0.3, -0.25) is 0 Å². The summed E-state index contributed by atoms with van der Waals surface area (Å²) in [5, 5.41) is 15.2. The van der Waals surface area contributed by atoms with Crippen molar-refractivity contribution in [2.24, 2.45) is 0 Å². The number of halogens is 1. The molecule has 5 nitrogen and oxygen atoms in total. The third kappa shape index (κ3) is 3.07. The number of hydrogen-bond acceptors (Lipinski definition) is 5. The minimum absolute atomic E-state index is 0.107. The van der Waals surface area contributed by atoms with Gasteiger partial charge in [-0.15, -0.1) is 16.4 Å². The Bertz CT molecular complexity index is 495. The molecule has 1 unspecified atom stereocenters. The fraction of sp³-hybridized carbons (Fsp3) is 0.545. The molecule has 0 bridgehead atoms. The number of nitrogens with one attached hydrogen (secondary N) is 1. The van der Waals surface area contributed by atoms with E-state index in [0.29, 0.717) is 6.54 Å². The molecule has 0 saturated heterocycles. The third-order valence-corrected chi connectivity index (χ3v) is 4.04. The summed E-state index contributed by atoms with van der Waals surface area (Å²) in [5.41, 5.74) is 0.